The largest absolute Gasteiger partial charge is 0.506 e. The molecule has 0 heterocycles. The summed E-state index contributed by atoms with van der Waals surface area (Å²) in [5.41, 5.74) is -1.45. The number of anilines is 1. The smallest absolute Gasteiger partial charge is 0.416 e. The predicted molar refractivity (Wildman–Crippen MR) is 72.5 cm³/mol. The molecule has 0 radical (unpaired) electrons. The maximum atomic E-state index is 12.6. The fourth-order valence-corrected chi connectivity index (χ4v) is 4.00. The first-order chi connectivity index (χ1) is 9.70. The highest BCUT2D eigenvalue weighted by molar-refractivity contribution is 7.93. The van der Waals surface area contributed by atoms with Crippen molar-refractivity contribution in [1.29, 1.82) is 0 Å². The number of halogens is 3. The molecule has 1 fully saturated rings. The summed E-state index contributed by atoms with van der Waals surface area (Å²) in [7, 11) is -3.80. The molecule has 0 bridgehead atoms. The van der Waals surface area contributed by atoms with Gasteiger partial charge in [-0.25, -0.2) is 8.42 Å². The highest BCUT2D eigenvalue weighted by Crippen LogP contribution is 2.35. The molecule has 0 amide bonds. The summed E-state index contributed by atoms with van der Waals surface area (Å²) in [5.74, 6) is -0.526. The normalized spacial score (nSPS) is 17.7. The lowest BCUT2D eigenvalue weighted by atomic mass is 10.0. The zero-order chi connectivity index (χ0) is 15.7. The van der Waals surface area contributed by atoms with Gasteiger partial charge in [-0.05, 0) is 31.0 Å². The van der Waals surface area contributed by atoms with Crippen molar-refractivity contribution >= 4 is 15.7 Å². The molecule has 21 heavy (non-hydrogen) atoms. The summed E-state index contributed by atoms with van der Waals surface area (Å²) in [6.07, 6.45) is -1.12. The molecular formula is C13H16F3NO3S. The van der Waals surface area contributed by atoms with Crippen LogP contribution in [0, 0.1) is 0 Å². The van der Waals surface area contributed by atoms with Crippen molar-refractivity contribution in [2.24, 2.45) is 0 Å². The first-order valence-electron chi connectivity index (χ1n) is 6.62. The SMILES string of the molecule is O=S(=O)(Nc1cc(C(F)(F)F)ccc1O)C1CCCCC1. The van der Waals surface area contributed by atoms with E-state index in [1.165, 1.54) is 0 Å². The van der Waals surface area contributed by atoms with Gasteiger partial charge >= 0.3 is 6.18 Å². The number of phenols is 1. The molecule has 2 rings (SSSR count). The molecule has 0 saturated heterocycles. The van der Waals surface area contributed by atoms with Crippen LogP contribution >= 0.6 is 0 Å². The van der Waals surface area contributed by atoms with Crippen molar-refractivity contribution < 1.29 is 26.7 Å². The van der Waals surface area contributed by atoms with Gasteiger partial charge in [0, 0.05) is 0 Å². The second-order valence-electron chi connectivity index (χ2n) is 5.14. The Bertz CT molecular complexity index is 608. The lowest BCUT2D eigenvalue weighted by Gasteiger charge is -2.23. The molecule has 0 spiro atoms. The van der Waals surface area contributed by atoms with Crippen LogP contribution in [0.3, 0.4) is 0 Å². The molecule has 2 N–H and O–H groups in total. The number of sulfonamides is 1. The van der Waals surface area contributed by atoms with Gasteiger partial charge in [0.2, 0.25) is 10.0 Å². The lowest BCUT2D eigenvalue weighted by Crippen LogP contribution is -2.29. The zero-order valence-electron chi connectivity index (χ0n) is 11.2. The van der Waals surface area contributed by atoms with Gasteiger partial charge in [-0.15, -0.1) is 0 Å². The first-order valence-corrected chi connectivity index (χ1v) is 8.16. The van der Waals surface area contributed by atoms with Crippen LogP contribution in [0.5, 0.6) is 5.75 Å². The fraction of sp³-hybridized carbons (Fsp3) is 0.538. The Balaban J connectivity index is 2.26. The monoisotopic (exact) mass is 323 g/mol. The van der Waals surface area contributed by atoms with Crippen LogP contribution in [0.4, 0.5) is 18.9 Å². The quantitative estimate of drug-likeness (QED) is 0.837. The van der Waals surface area contributed by atoms with E-state index < -0.39 is 38.4 Å². The number of nitrogens with one attached hydrogen (secondary N) is 1. The van der Waals surface area contributed by atoms with E-state index in [0.717, 1.165) is 25.3 Å². The molecule has 0 atom stereocenters. The Kier molecular flexibility index (Phi) is 4.36. The third kappa shape index (κ3) is 3.81. The van der Waals surface area contributed by atoms with Crippen LogP contribution in [0.2, 0.25) is 0 Å². The third-order valence-corrected chi connectivity index (χ3v) is 5.42. The van der Waals surface area contributed by atoms with Gasteiger partial charge in [0.15, 0.2) is 0 Å². The topological polar surface area (TPSA) is 66.4 Å². The van der Waals surface area contributed by atoms with Gasteiger partial charge < -0.3 is 5.11 Å². The van der Waals surface area contributed by atoms with E-state index in [2.05, 4.69) is 4.72 Å². The summed E-state index contributed by atoms with van der Waals surface area (Å²) in [6, 6.07) is 2.14. The summed E-state index contributed by atoms with van der Waals surface area (Å²) < 4.78 is 64.3. The fourth-order valence-electron chi connectivity index (χ4n) is 2.41. The van der Waals surface area contributed by atoms with Gasteiger partial charge in [-0.2, -0.15) is 13.2 Å². The van der Waals surface area contributed by atoms with Crippen molar-refractivity contribution in [3.05, 3.63) is 23.8 Å². The molecule has 1 saturated carbocycles. The molecule has 4 nitrogen and oxygen atoms in total. The Labute approximate surface area is 121 Å². The van der Waals surface area contributed by atoms with Gasteiger partial charge in [0.25, 0.3) is 0 Å². The molecule has 0 aliphatic heterocycles. The molecule has 0 unspecified atom stereocenters. The standard InChI is InChI=1S/C13H16F3NO3S/c14-13(15,16)9-6-7-12(18)11(8-9)17-21(19,20)10-4-2-1-3-5-10/h6-8,10,17-18H,1-5H2. The zero-order valence-corrected chi connectivity index (χ0v) is 12.0. The van der Waals surface area contributed by atoms with Crippen LogP contribution in [0.25, 0.3) is 0 Å². The molecule has 8 heteroatoms. The molecule has 1 aromatic carbocycles. The van der Waals surface area contributed by atoms with E-state index in [1.807, 2.05) is 0 Å². The minimum Gasteiger partial charge on any atom is -0.506 e. The van der Waals surface area contributed by atoms with Crippen molar-refractivity contribution in [1.82, 2.24) is 0 Å². The number of alkyl halides is 3. The van der Waals surface area contributed by atoms with Gasteiger partial charge in [0.1, 0.15) is 5.75 Å². The summed E-state index contributed by atoms with van der Waals surface area (Å²) >= 11 is 0. The average molecular weight is 323 g/mol. The molecule has 118 valence electrons. The van der Waals surface area contributed by atoms with Crippen molar-refractivity contribution in [3.8, 4) is 5.75 Å². The van der Waals surface area contributed by atoms with Crippen molar-refractivity contribution in [2.45, 2.75) is 43.5 Å². The van der Waals surface area contributed by atoms with Gasteiger partial charge in [-0.1, -0.05) is 19.3 Å². The van der Waals surface area contributed by atoms with E-state index in [-0.39, 0.29) is 0 Å². The van der Waals surface area contributed by atoms with Gasteiger partial charge in [0.05, 0.1) is 16.5 Å². The van der Waals surface area contributed by atoms with Gasteiger partial charge in [-0.3, -0.25) is 4.72 Å². The number of benzene rings is 1. The van der Waals surface area contributed by atoms with E-state index in [1.54, 1.807) is 0 Å². The average Bonchev–Trinajstić information content (AvgIpc) is 2.41. The summed E-state index contributed by atoms with van der Waals surface area (Å²) in [4.78, 5) is 0. The van der Waals surface area contributed by atoms with Crippen LogP contribution < -0.4 is 4.72 Å². The predicted octanol–water partition coefficient (Wildman–Crippen LogP) is 3.49. The Hall–Kier alpha value is -1.44. The summed E-state index contributed by atoms with van der Waals surface area (Å²) in [6.45, 7) is 0. The second kappa shape index (κ2) is 5.75. The van der Waals surface area contributed by atoms with E-state index in [4.69, 9.17) is 0 Å². The highest BCUT2D eigenvalue weighted by Gasteiger charge is 2.32. The maximum absolute atomic E-state index is 12.6. The molecule has 1 aliphatic rings. The number of phenolic OH excluding ortho intramolecular Hbond substituents is 1. The molecular weight excluding hydrogens is 307 g/mol. The Morgan fingerprint density at radius 3 is 2.33 bits per heavy atom. The second-order valence-corrected chi connectivity index (χ2v) is 7.10. The molecule has 1 aliphatic carbocycles. The minimum absolute atomic E-state index is 0.435. The Morgan fingerprint density at radius 2 is 1.76 bits per heavy atom. The lowest BCUT2D eigenvalue weighted by molar-refractivity contribution is -0.137. The molecule has 1 aromatic rings. The van der Waals surface area contributed by atoms with Crippen LogP contribution in [0.1, 0.15) is 37.7 Å². The molecule has 0 aromatic heterocycles. The number of aromatic hydroxyl groups is 1. The Morgan fingerprint density at radius 1 is 1.14 bits per heavy atom. The van der Waals surface area contributed by atoms with Crippen molar-refractivity contribution in [2.75, 3.05) is 4.72 Å². The van der Waals surface area contributed by atoms with Crippen molar-refractivity contribution in [3.63, 3.8) is 0 Å². The van der Waals surface area contributed by atoms with Crippen LogP contribution in [-0.2, 0) is 16.2 Å². The number of hydrogen-bond acceptors (Lipinski definition) is 3. The van der Waals surface area contributed by atoms with E-state index >= 15 is 0 Å². The third-order valence-electron chi connectivity index (χ3n) is 3.57. The van der Waals surface area contributed by atoms with E-state index in [9.17, 15) is 26.7 Å². The minimum atomic E-state index is -4.60. The number of hydrogen-bond donors (Lipinski definition) is 2. The summed E-state index contributed by atoms with van der Waals surface area (Å²) in [5, 5.41) is 8.94. The highest BCUT2D eigenvalue weighted by atomic mass is 32.2. The van der Waals surface area contributed by atoms with E-state index in [0.29, 0.717) is 25.0 Å². The van der Waals surface area contributed by atoms with Crippen LogP contribution in [0.15, 0.2) is 18.2 Å². The number of rotatable bonds is 3. The first kappa shape index (κ1) is 15.9. The maximum Gasteiger partial charge on any atom is 0.416 e. The van der Waals surface area contributed by atoms with Crippen LogP contribution in [-0.4, -0.2) is 18.8 Å².